The molecule has 1 heterocycles. The van der Waals surface area contributed by atoms with E-state index in [2.05, 4.69) is 35.3 Å². The van der Waals surface area contributed by atoms with Gasteiger partial charge >= 0.3 is 0 Å². The molecule has 1 aromatic heterocycles. The first-order valence-electron chi connectivity index (χ1n) is 6.85. The van der Waals surface area contributed by atoms with Crippen LogP contribution < -0.4 is 0 Å². The normalized spacial score (nSPS) is 11.1. The van der Waals surface area contributed by atoms with E-state index in [0.29, 0.717) is 0 Å². The minimum absolute atomic E-state index is 0.814. The monoisotopic (exact) mass is 289 g/mol. The maximum absolute atomic E-state index is 6.62. The Kier molecular flexibility index (Phi) is 2.87. The number of pyridine rings is 1. The zero-order valence-electron chi connectivity index (χ0n) is 11.3. The van der Waals surface area contributed by atoms with E-state index in [0.717, 1.165) is 32.1 Å². The topological polar surface area (TPSA) is 12.9 Å². The van der Waals surface area contributed by atoms with Crippen molar-refractivity contribution in [2.24, 2.45) is 0 Å². The third-order valence-electron chi connectivity index (χ3n) is 3.82. The molecule has 0 amide bonds. The molecule has 0 aliphatic heterocycles. The SMILES string of the molecule is Clc1c2ccccc2c(-c2cccnc2)c2ccccc12. The van der Waals surface area contributed by atoms with Gasteiger partial charge in [-0.3, -0.25) is 4.98 Å². The van der Waals surface area contributed by atoms with Gasteiger partial charge in [-0.2, -0.15) is 0 Å². The molecule has 1 nitrogen and oxygen atoms in total. The zero-order chi connectivity index (χ0) is 14.2. The number of benzene rings is 3. The van der Waals surface area contributed by atoms with Gasteiger partial charge in [-0.25, -0.2) is 0 Å². The summed E-state index contributed by atoms with van der Waals surface area (Å²) in [5.41, 5.74) is 2.31. The number of hydrogen-bond acceptors (Lipinski definition) is 1. The Morgan fingerprint density at radius 3 is 1.76 bits per heavy atom. The average Bonchev–Trinajstić information content (AvgIpc) is 2.56. The van der Waals surface area contributed by atoms with Crippen LogP contribution in [-0.4, -0.2) is 4.98 Å². The van der Waals surface area contributed by atoms with Crippen LogP contribution in [0.2, 0.25) is 5.02 Å². The van der Waals surface area contributed by atoms with Gasteiger partial charge in [0.25, 0.3) is 0 Å². The Hall–Kier alpha value is -2.38. The third-order valence-corrected chi connectivity index (χ3v) is 4.22. The zero-order valence-corrected chi connectivity index (χ0v) is 12.0. The number of rotatable bonds is 1. The highest BCUT2D eigenvalue weighted by atomic mass is 35.5. The Labute approximate surface area is 127 Å². The number of aromatic nitrogens is 1. The highest BCUT2D eigenvalue weighted by Gasteiger charge is 2.13. The van der Waals surface area contributed by atoms with Crippen LogP contribution in [0.1, 0.15) is 0 Å². The van der Waals surface area contributed by atoms with Crippen LogP contribution in [0.3, 0.4) is 0 Å². The van der Waals surface area contributed by atoms with Crippen LogP contribution in [0.4, 0.5) is 0 Å². The van der Waals surface area contributed by atoms with Gasteiger partial charge in [0.2, 0.25) is 0 Å². The summed E-state index contributed by atoms with van der Waals surface area (Å²) in [6.07, 6.45) is 3.70. The number of fused-ring (bicyclic) bond motifs is 2. The average molecular weight is 290 g/mol. The lowest BCUT2D eigenvalue weighted by atomic mass is 9.93. The largest absolute Gasteiger partial charge is 0.264 e. The van der Waals surface area contributed by atoms with Gasteiger partial charge in [-0.05, 0) is 22.4 Å². The standard InChI is InChI=1S/C19H12ClN/c20-19-16-9-3-1-7-14(16)18(13-6-5-11-21-12-13)15-8-2-4-10-17(15)19/h1-12H. The Bertz CT molecular complexity index is 888. The molecule has 100 valence electrons. The van der Waals surface area contributed by atoms with Gasteiger partial charge < -0.3 is 0 Å². The quantitative estimate of drug-likeness (QED) is 0.409. The second-order valence-corrected chi connectivity index (χ2v) is 5.40. The van der Waals surface area contributed by atoms with Crippen molar-refractivity contribution in [1.82, 2.24) is 4.98 Å². The fourth-order valence-electron chi connectivity index (χ4n) is 2.90. The Morgan fingerprint density at radius 1 is 0.667 bits per heavy atom. The van der Waals surface area contributed by atoms with Crippen molar-refractivity contribution >= 4 is 33.1 Å². The molecule has 0 aliphatic rings. The summed E-state index contributed by atoms with van der Waals surface area (Å²) in [5, 5.41) is 5.30. The molecule has 0 atom stereocenters. The molecule has 0 spiro atoms. The summed E-state index contributed by atoms with van der Waals surface area (Å²) in [4.78, 5) is 4.26. The molecule has 0 bridgehead atoms. The third kappa shape index (κ3) is 1.90. The van der Waals surface area contributed by atoms with E-state index in [-0.39, 0.29) is 0 Å². The minimum atomic E-state index is 0.814. The van der Waals surface area contributed by atoms with Crippen molar-refractivity contribution in [3.05, 3.63) is 78.1 Å². The Morgan fingerprint density at radius 2 is 1.24 bits per heavy atom. The van der Waals surface area contributed by atoms with E-state index in [4.69, 9.17) is 11.6 Å². The predicted molar refractivity (Wildman–Crippen MR) is 89.7 cm³/mol. The summed E-state index contributed by atoms with van der Waals surface area (Å²) in [7, 11) is 0. The summed E-state index contributed by atoms with van der Waals surface area (Å²) in [6, 6.07) is 20.6. The van der Waals surface area contributed by atoms with Gasteiger partial charge in [-0.15, -0.1) is 0 Å². The molecule has 4 rings (SSSR count). The van der Waals surface area contributed by atoms with Crippen molar-refractivity contribution < 1.29 is 0 Å². The van der Waals surface area contributed by atoms with Crippen LogP contribution in [0.25, 0.3) is 32.7 Å². The molecule has 21 heavy (non-hydrogen) atoms. The fourth-order valence-corrected chi connectivity index (χ4v) is 3.23. The molecular formula is C19H12ClN. The lowest BCUT2D eigenvalue weighted by Gasteiger charge is -2.13. The molecule has 0 fully saturated rings. The lowest BCUT2D eigenvalue weighted by Crippen LogP contribution is -1.87. The lowest BCUT2D eigenvalue weighted by molar-refractivity contribution is 1.33. The molecule has 3 aromatic carbocycles. The van der Waals surface area contributed by atoms with E-state index in [1.165, 1.54) is 5.56 Å². The van der Waals surface area contributed by atoms with Crippen molar-refractivity contribution in [1.29, 1.82) is 0 Å². The molecule has 0 radical (unpaired) electrons. The van der Waals surface area contributed by atoms with Crippen LogP contribution in [0, 0.1) is 0 Å². The summed E-state index contributed by atoms with van der Waals surface area (Å²) < 4.78 is 0. The first kappa shape index (κ1) is 12.4. The van der Waals surface area contributed by atoms with Gasteiger partial charge in [0.1, 0.15) is 0 Å². The number of hydrogen-bond donors (Lipinski definition) is 0. The predicted octanol–water partition coefficient (Wildman–Crippen LogP) is 5.71. The first-order chi connectivity index (χ1) is 10.4. The van der Waals surface area contributed by atoms with Gasteiger partial charge in [0, 0.05) is 28.7 Å². The van der Waals surface area contributed by atoms with Crippen LogP contribution in [0.5, 0.6) is 0 Å². The van der Waals surface area contributed by atoms with Crippen LogP contribution in [0.15, 0.2) is 73.1 Å². The van der Waals surface area contributed by atoms with Gasteiger partial charge in [-0.1, -0.05) is 66.2 Å². The molecule has 0 aliphatic carbocycles. The van der Waals surface area contributed by atoms with Gasteiger partial charge in [0.15, 0.2) is 0 Å². The van der Waals surface area contributed by atoms with Crippen LogP contribution in [-0.2, 0) is 0 Å². The molecule has 4 aromatic rings. The smallest absolute Gasteiger partial charge is 0.0563 e. The summed E-state index contributed by atoms with van der Waals surface area (Å²) in [5.74, 6) is 0. The number of halogens is 1. The maximum atomic E-state index is 6.62. The van der Waals surface area contributed by atoms with E-state index in [9.17, 15) is 0 Å². The second-order valence-electron chi connectivity index (χ2n) is 5.02. The van der Waals surface area contributed by atoms with Crippen molar-refractivity contribution in [3.63, 3.8) is 0 Å². The maximum Gasteiger partial charge on any atom is 0.0563 e. The van der Waals surface area contributed by atoms with Crippen molar-refractivity contribution in [2.75, 3.05) is 0 Å². The minimum Gasteiger partial charge on any atom is -0.264 e. The molecule has 0 unspecified atom stereocenters. The van der Waals surface area contributed by atoms with Crippen LogP contribution >= 0.6 is 11.6 Å². The molecule has 2 heteroatoms. The molecule has 0 N–H and O–H groups in total. The highest BCUT2D eigenvalue weighted by Crippen LogP contribution is 2.40. The second kappa shape index (κ2) is 4.87. The van der Waals surface area contributed by atoms with E-state index in [1.54, 1.807) is 6.20 Å². The number of nitrogens with zero attached hydrogens (tertiary/aromatic N) is 1. The van der Waals surface area contributed by atoms with E-state index in [1.807, 2.05) is 36.5 Å². The van der Waals surface area contributed by atoms with Crippen molar-refractivity contribution in [2.45, 2.75) is 0 Å². The van der Waals surface area contributed by atoms with Gasteiger partial charge in [0.05, 0.1) is 5.02 Å². The molecular weight excluding hydrogens is 278 g/mol. The molecule has 0 saturated heterocycles. The van der Waals surface area contributed by atoms with E-state index < -0.39 is 0 Å². The first-order valence-corrected chi connectivity index (χ1v) is 7.23. The fraction of sp³-hybridized carbons (Fsp3) is 0. The summed E-state index contributed by atoms with van der Waals surface area (Å²) in [6.45, 7) is 0. The van der Waals surface area contributed by atoms with Crippen molar-refractivity contribution in [3.8, 4) is 11.1 Å². The van der Waals surface area contributed by atoms with E-state index >= 15 is 0 Å². The summed E-state index contributed by atoms with van der Waals surface area (Å²) >= 11 is 6.62. The highest BCUT2D eigenvalue weighted by molar-refractivity contribution is 6.42. The molecule has 0 saturated carbocycles. The Balaban J connectivity index is 2.28.